The lowest BCUT2D eigenvalue weighted by Gasteiger charge is -2.32. The smallest absolute Gasteiger partial charge is 0.307 e. The van der Waals surface area contributed by atoms with Crippen LogP contribution < -0.4 is 0 Å². The summed E-state index contributed by atoms with van der Waals surface area (Å²) < 4.78 is 0. The molecule has 2 fully saturated rings. The minimum Gasteiger partial charge on any atom is -0.481 e. The zero-order valence-corrected chi connectivity index (χ0v) is 12.8. The van der Waals surface area contributed by atoms with Gasteiger partial charge < -0.3 is 10.0 Å². The predicted octanol–water partition coefficient (Wildman–Crippen LogP) is 3.32. The monoisotopic (exact) mass is 327 g/mol. The summed E-state index contributed by atoms with van der Waals surface area (Å²) >= 11 is 11.9. The molecule has 1 N–H and O–H groups in total. The molecule has 1 aromatic carbocycles. The fraction of sp³-hybridized carbons (Fsp3) is 0.467. The fourth-order valence-corrected chi connectivity index (χ4v) is 3.73. The quantitative estimate of drug-likeness (QED) is 0.906. The van der Waals surface area contributed by atoms with E-state index < -0.39 is 5.97 Å². The van der Waals surface area contributed by atoms with Crippen LogP contribution in [-0.4, -0.2) is 35.0 Å². The van der Waals surface area contributed by atoms with Gasteiger partial charge in [0, 0.05) is 18.1 Å². The highest BCUT2D eigenvalue weighted by molar-refractivity contribution is 6.36. The van der Waals surface area contributed by atoms with Gasteiger partial charge in [-0.05, 0) is 42.9 Å². The van der Waals surface area contributed by atoms with E-state index in [9.17, 15) is 9.59 Å². The van der Waals surface area contributed by atoms with Crippen molar-refractivity contribution < 1.29 is 14.7 Å². The summed E-state index contributed by atoms with van der Waals surface area (Å²) in [6.45, 7) is 1.17. The van der Waals surface area contributed by atoms with Crippen molar-refractivity contribution in [3.8, 4) is 0 Å². The van der Waals surface area contributed by atoms with Crippen LogP contribution in [0.5, 0.6) is 0 Å². The Hall–Kier alpha value is -1.26. The summed E-state index contributed by atoms with van der Waals surface area (Å²) in [6.07, 6.45) is 2.24. The Bertz CT molecular complexity index is 609. The summed E-state index contributed by atoms with van der Waals surface area (Å²) in [5.41, 5.74) is 0.370. The van der Waals surface area contributed by atoms with E-state index in [0.29, 0.717) is 28.7 Å². The van der Waals surface area contributed by atoms with E-state index in [2.05, 4.69) is 0 Å². The minimum absolute atomic E-state index is 0.0770. The van der Waals surface area contributed by atoms with E-state index in [0.717, 1.165) is 19.3 Å². The molecule has 1 aliphatic heterocycles. The van der Waals surface area contributed by atoms with Crippen LogP contribution in [-0.2, 0) is 4.79 Å². The topological polar surface area (TPSA) is 57.6 Å². The molecule has 1 saturated heterocycles. The second kappa shape index (κ2) is 5.18. The molecule has 6 heteroatoms. The van der Waals surface area contributed by atoms with Gasteiger partial charge in [0.15, 0.2) is 0 Å². The SMILES string of the molecule is O=C(O)C1CC12CCN(C(=O)c1ccc(Cl)cc1Cl)CC2. The Morgan fingerprint density at radius 3 is 2.43 bits per heavy atom. The van der Waals surface area contributed by atoms with Gasteiger partial charge in [0.2, 0.25) is 0 Å². The molecule has 1 amide bonds. The fourth-order valence-electron chi connectivity index (χ4n) is 3.24. The average molecular weight is 328 g/mol. The van der Waals surface area contributed by atoms with Gasteiger partial charge >= 0.3 is 5.97 Å². The van der Waals surface area contributed by atoms with Crippen molar-refractivity contribution in [2.24, 2.45) is 11.3 Å². The lowest BCUT2D eigenvalue weighted by molar-refractivity contribution is -0.139. The Morgan fingerprint density at radius 2 is 1.90 bits per heavy atom. The molecule has 1 aliphatic carbocycles. The first-order chi connectivity index (χ1) is 9.93. The van der Waals surface area contributed by atoms with Gasteiger partial charge in [-0.1, -0.05) is 23.2 Å². The highest BCUT2D eigenvalue weighted by Gasteiger charge is 2.59. The molecule has 2 aliphatic rings. The van der Waals surface area contributed by atoms with E-state index in [1.54, 1.807) is 23.1 Å². The average Bonchev–Trinajstić information content (AvgIpc) is 3.13. The molecule has 1 unspecified atom stereocenters. The molecular formula is C15H15Cl2NO3. The van der Waals surface area contributed by atoms with Crippen LogP contribution in [0.25, 0.3) is 0 Å². The Kier molecular flexibility index (Phi) is 3.62. The lowest BCUT2D eigenvalue weighted by atomic mass is 9.90. The number of aliphatic carboxylic acids is 1. The molecule has 21 heavy (non-hydrogen) atoms. The Balaban J connectivity index is 1.67. The Labute approximate surface area is 132 Å². The summed E-state index contributed by atoms with van der Waals surface area (Å²) in [4.78, 5) is 25.2. The van der Waals surface area contributed by atoms with Crippen LogP contribution in [0.2, 0.25) is 10.0 Å². The van der Waals surface area contributed by atoms with Crippen molar-refractivity contribution in [1.29, 1.82) is 0 Å². The van der Waals surface area contributed by atoms with Crippen molar-refractivity contribution in [1.82, 2.24) is 4.90 Å². The third kappa shape index (κ3) is 2.62. The number of nitrogens with zero attached hydrogens (tertiary/aromatic N) is 1. The van der Waals surface area contributed by atoms with Gasteiger partial charge in [0.1, 0.15) is 0 Å². The third-order valence-corrected chi connectivity index (χ3v) is 5.24. The number of halogens is 2. The first kappa shape index (κ1) is 14.7. The summed E-state index contributed by atoms with van der Waals surface area (Å²) in [7, 11) is 0. The molecule has 1 atom stereocenters. The van der Waals surface area contributed by atoms with Crippen LogP contribution in [0.15, 0.2) is 18.2 Å². The van der Waals surface area contributed by atoms with Crippen LogP contribution in [0.1, 0.15) is 29.6 Å². The Morgan fingerprint density at radius 1 is 1.24 bits per heavy atom. The van der Waals surface area contributed by atoms with Gasteiger partial charge in [-0.2, -0.15) is 0 Å². The lowest BCUT2D eigenvalue weighted by Crippen LogP contribution is -2.40. The maximum absolute atomic E-state index is 12.5. The number of hydrogen-bond acceptors (Lipinski definition) is 2. The molecule has 1 spiro atoms. The number of carboxylic acid groups (broad SMARTS) is 1. The van der Waals surface area contributed by atoms with E-state index in [4.69, 9.17) is 28.3 Å². The predicted molar refractivity (Wildman–Crippen MR) is 79.8 cm³/mol. The van der Waals surface area contributed by atoms with Crippen LogP contribution >= 0.6 is 23.2 Å². The number of rotatable bonds is 2. The maximum atomic E-state index is 12.5. The van der Waals surface area contributed by atoms with Crippen molar-refractivity contribution in [3.05, 3.63) is 33.8 Å². The summed E-state index contributed by atoms with van der Waals surface area (Å²) in [5, 5.41) is 9.92. The van der Waals surface area contributed by atoms with Gasteiger partial charge in [-0.3, -0.25) is 9.59 Å². The molecule has 1 aromatic rings. The third-order valence-electron chi connectivity index (χ3n) is 4.70. The number of carbonyl (C=O) groups excluding carboxylic acids is 1. The molecule has 4 nitrogen and oxygen atoms in total. The van der Waals surface area contributed by atoms with Gasteiger partial charge in [0.05, 0.1) is 16.5 Å². The van der Waals surface area contributed by atoms with E-state index in [-0.39, 0.29) is 17.2 Å². The van der Waals surface area contributed by atoms with Crippen LogP contribution in [0.3, 0.4) is 0 Å². The minimum atomic E-state index is -0.712. The van der Waals surface area contributed by atoms with Crippen molar-refractivity contribution in [2.75, 3.05) is 13.1 Å². The van der Waals surface area contributed by atoms with Gasteiger partial charge in [-0.15, -0.1) is 0 Å². The first-order valence-electron chi connectivity index (χ1n) is 6.90. The highest BCUT2D eigenvalue weighted by atomic mass is 35.5. The molecule has 0 aromatic heterocycles. The second-order valence-corrected chi connectivity index (χ2v) is 6.72. The number of hydrogen-bond donors (Lipinski definition) is 1. The second-order valence-electron chi connectivity index (χ2n) is 5.87. The number of likely N-dealkylation sites (tertiary alicyclic amines) is 1. The van der Waals surface area contributed by atoms with Gasteiger partial charge in [-0.25, -0.2) is 0 Å². The van der Waals surface area contributed by atoms with Gasteiger partial charge in [0.25, 0.3) is 5.91 Å². The number of benzene rings is 1. The molecular weight excluding hydrogens is 313 g/mol. The van der Waals surface area contributed by atoms with Crippen molar-refractivity contribution in [2.45, 2.75) is 19.3 Å². The molecule has 0 radical (unpaired) electrons. The molecule has 0 bridgehead atoms. The van der Waals surface area contributed by atoms with Crippen LogP contribution in [0.4, 0.5) is 0 Å². The number of amides is 1. The largest absolute Gasteiger partial charge is 0.481 e. The summed E-state index contributed by atoms with van der Waals surface area (Å²) in [5.74, 6) is -1.05. The normalized spacial score (nSPS) is 23.1. The molecule has 1 saturated carbocycles. The van der Waals surface area contributed by atoms with Crippen molar-refractivity contribution in [3.63, 3.8) is 0 Å². The molecule has 1 heterocycles. The van der Waals surface area contributed by atoms with Crippen LogP contribution in [0, 0.1) is 11.3 Å². The van der Waals surface area contributed by atoms with Crippen molar-refractivity contribution >= 4 is 35.1 Å². The molecule has 112 valence electrons. The molecule has 3 rings (SSSR count). The standard InChI is InChI=1S/C15H15Cl2NO3/c16-9-1-2-10(12(17)7-9)13(19)18-5-3-15(4-6-18)8-11(15)14(20)21/h1-2,7,11H,3-6,8H2,(H,20,21). The number of piperidine rings is 1. The van der Waals surface area contributed by atoms with E-state index in [1.165, 1.54) is 0 Å². The zero-order chi connectivity index (χ0) is 15.2. The van der Waals surface area contributed by atoms with E-state index >= 15 is 0 Å². The maximum Gasteiger partial charge on any atom is 0.307 e. The number of carbonyl (C=O) groups is 2. The first-order valence-corrected chi connectivity index (χ1v) is 7.66. The number of carboxylic acids is 1. The van der Waals surface area contributed by atoms with E-state index in [1.807, 2.05) is 0 Å². The zero-order valence-electron chi connectivity index (χ0n) is 11.3. The highest BCUT2D eigenvalue weighted by Crippen LogP contribution is 2.59. The summed E-state index contributed by atoms with van der Waals surface area (Å²) in [6, 6.07) is 4.84.